The highest BCUT2D eigenvalue weighted by molar-refractivity contribution is 7.80. The van der Waals surface area contributed by atoms with Crippen molar-refractivity contribution in [1.82, 2.24) is 4.90 Å². The minimum atomic E-state index is -4.86. The Bertz CT molecular complexity index is 285. The van der Waals surface area contributed by atoms with Gasteiger partial charge in [-0.15, -0.1) is 0 Å². The van der Waals surface area contributed by atoms with Gasteiger partial charge in [-0.1, -0.05) is 0 Å². The number of carbonyl (C=O) groups excluding carboxylic acids is 1. The van der Waals surface area contributed by atoms with E-state index in [-0.39, 0.29) is 5.11 Å². The van der Waals surface area contributed by atoms with Crippen LogP contribution in [-0.2, 0) is 4.79 Å². The van der Waals surface area contributed by atoms with Crippen LogP contribution in [0.5, 0.6) is 0 Å². The molecule has 3 nitrogen and oxygen atoms in total. The summed E-state index contributed by atoms with van der Waals surface area (Å²) in [5.74, 6) is -1.90. The summed E-state index contributed by atoms with van der Waals surface area (Å²) in [6.07, 6.45) is -3.92. The van der Waals surface area contributed by atoms with E-state index in [1.54, 1.807) is 0 Å². The molecule has 2 N–H and O–H groups in total. The highest BCUT2D eigenvalue weighted by atomic mass is 32.1. The van der Waals surface area contributed by atoms with Crippen LogP contribution in [0.3, 0.4) is 0 Å². The van der Waals surface area contributed by atoms with Crippen LogP contribution in [0.4, 0.5) is 13.2 Å². The first-order valence-corrected chi connectivity index (χ1v) is 3.89. The molecule has 0 rings (SSSR count). The smallest absolute Gasteiger partial charge is 0.376 e. The average Bonchev–Trinajstić information content (AvgIpc) is 2.00. The van der Waals surface area contributed by atoms with Gasteiger partial charge in [0.2, 0.25) is 0 Å². The Morgan fingerprint density at radius 3 is 2.21 bits per heavy atom. The number of nitrogens with two attached hydrogens (primary N) is 1. The van der Waals surface area contributed by atoms with Crippen LogP contribution in [0.15, 0.2) is 11.8 Å². The van der Waals surface area contributed by atoms with E-state index in [0.29, 0.717) is 0 Å². The second-order valence-corrected chi connectivity index (χ2v) is 3.01. The molecule has 0 radical (unpaired) electrons. The summed E-state index contributed by atoms with van der Waals surface area (Å²) in [6.45, 7) is 1.05. The van der Waals surface area contributed by atoms with Gasteiger partial charge in [-0.3, -0.25) is 4.79 Å². The van der Waals surface area contributed by atoms with Crippen molar-refractivity contribution < 1.29 is 18.0 Å². The molecule has 0 aromatic rings. The quantitative estimate of drug-likeness (QED) is 0.567. The molecule has 0 spiro atoms. The minimum absolute atomic E-state index is 0.112. The van der Waals surface area contributed by atoms with E-state index >= 15 is 0 Å². The van der Waals surface area contributed by atoms with Crippen molar-refractivity contribution in [3.63, 3.8) is 0 Å². The highest BCUT2D eigenvalue weighted by Crippen LogP contribution is 2.20. The average molecular weight is 226 g/mol. The predicted molar refractivity (Wildman–Crippen MR) is 49.4 cm³/mol. The molecule has 0 aromatic carbocycles. The number of ketones is 1. The number of Topliss-reactive ketones (excluding diaryl/α,β-unsaturated/α-hetero) is 1. The lowest BCUT2D eigenvalue weighted by Crippen LogP contribution is -2.30. The maximum atomic E-state index is 11.9. The molecule has 0 fully saturated rings. The molecule has 0 atom stereocenters. The summed E-state index contributed by atoms with van der Waals surface area (Å²) in [4.78, 5) is 11.7. The van der Waals surface area contributed by atoms with Crippen LogP contribution in [0, 0.1) is 0 Å². The van der Waals surface area contributed by atoms with Gasteiger partial charge in [0.15, 0.2) is 5.11 Å². The summed E-state index contributed by atoms with van der Waals surface area (Å²) >= 11 is 4.48. The lowest BCUT2D eigenvalue weighted by Gasteiger charge is -2.13. The molecule has 0 heterocycles. The third-order valence-electron chi connectivity index (χ3n) is 1.35. The SMILES string of the molecule is C/C(=C\N(C)C(N)=S)C(=O)C(F)(F)F. The number of allylic oxidation sites excluding steroid dienone is 1. The maximum absolute atomic E-state index is 11.9. The van der Waals surface area contributed by atoms with Gasteiger partial charge < -0.3 is 10.6 Å². The van der Waals surface area contributed by atoms with E-state index < -0.39 is 17.5 Å². The lowest BCUT2D eigenvalue weighted by molar-refractivity contribution is -0.166. The summed E-state index contributed by atoms with van der Waals surface area (Å²) < 4.78 is 35.6. The zero-order chi connectivity index (χ0) is 11.5. The number of hydrogen-bond donors (Lipinski definition) is 1. The highest BCUT2D eigenvalue weighted by Gasteiger charge is 2.39. The third-order valence-corrected chi connectivity index (χ3v) is 1.64. The molecule has 0 saturated carbocycles. The van der Waals surface area contributed by atoms with E-state index in [9.17, 15) is 18.0 Å². The standard InChI is InChI=1S/C7H9F3N2OS/c1-4(3-12(2)6(11)14)5(13)7(8,9)10/h3H,1-2H3,(H2,11,14)/b4-3+. The van der Waals surface area contributed by atoms with E-state index in [1.165, 1.54) is 7.05 Å². The normalized spacial score (nSPS) is 12.5. The zero-order valence-electron chi connectivity index (χ0n) is 7.55. The van der Waals surface area contributed by atoms with Crippen molar-refractivity contribution in [1.29, 1.82) is 0 Å². The number of carbonyl (C=O) groups is 1. The Morgan fingerprint density at radius 2 is 1.93 bits per heavy atom. The number of hydrogen-bond acceptors (Lipinski definition) is 2. The van der Waals surface area contributed by atoms with Gasteiger partial charge >= 0.3 is 6.18 Å². The Balaban J connectivity index is 4.71. The van der Waals surface area contributed by atoms with Crippen molar-refractivity contribution in [2.45, 2.75) is 13.1 Å². The molecule has 7 heteroatoms. The first-order valence-electron chi connectivity index (χ1n) is 3.48. The van der Waals surface area contributed by atoms with E-state index in [2.05, 4.69) is 12.2 Å². The number of thiocarbonyl (C=S) groups is 1. The summed E-state index contributed by atoms with van der Waals surface area (Å²) in [5.41, 5.74) is 4.65. The van der Waals surface area contributed by atoms with E-state index in [4.69, 9.17) is 5.73 Å². The Hall–Kier alpha value is -1.11. The van der Waals surface area contributed by atoms with Crippen molar-refractivity contribution in [3.8, 4) is 0 Å². The Labute approximate surface area is 84.4 Å². The topological polar surface area (TPSA) is 46.3 Å². The molecular formula is C7H9F3N2OS. The second kappa shape index (κ2) is 4.41. The molecule has 0 aromatic heterocycles. The maximum Gasteiger partial charge on any atom is 0.454 e. The van der Waals surface area contributed by atoms with Crippen LogP contribution >= 0.6 is 12.2 Å². The largest absolute Gasteiger partial charge is 0.454 e. The van der Waals surface area contributed by atoms with Crippen molar-refractivity contribution in [2.24, 2.45) is 5.73 Å². The van der Waals surface area contributed by atoms with Crippen LogP contribution in [0.25, 0.3) is 0 Å². The minimum Gasteiger partial charge on any atom is -0.376 e. The molecule has 0 amide bonds. The zero-order valence-corrected chi connectivity index (χ0v) is 8.37. The molecule has 0 unspecified atom stereocenters. The van der Waals surface area contributed by atoms with Gasteiger partial charge in [-0.2, -0.15) is 13.2 Å². The third kappa shape index (κ3) is 3.73. The molecule has 0 bridgehead atoms. The van der Waals surface area contributed by atoms with E-state index in [1.807, 2.05) is 0 Å². The molecule has 14 heavy (non-hydrogen) atoms. The fourth-order valence-corrected chi connectivity index (χ4v) is 0.689. The Morgan fingerprint density at radius 1 is 1.50 bits per heavy atom. The summed E-state index contributed by atoms with van der Waals surface area (Å²) in [6, 6.07) is 0. The van der Waals surface area contributed by atoms with Crippen LogP contribution in [-0.4, -0.2) is 29.0 Å². The van der Waals surface area contributed by atoms with Crippen molar-refractivity contribution in [3.05, 3.63) is 11.8 Å². The number of alkyl halides is 3. The second-order valence-electron chi connectivity index (χ2n) is 2.59. The molecule has 0 saturated heterocycles. The van der Waals surface area contributed by atoms with Crippen LogP contribution < -0.4 is 5.73 Å². The lowest BCUT2D eigenvalue weighted by atomic mass is 10.2. The fraction of sp³-hybridized carbons (Fsp3) is 0.429. The van der Waals surface area contributed by atoms with Gasteiger partial charge in [0.1, 0.15) is 0 Å². The summed E-state index contributed by atoms with van der Waals surface area (Å²) in [7, 11) is 1.36. The van der Waals surface area contributed by atoms with Gasteiger partial charge in [0.05, 0.1) is 0 Å². The number of halogens is 3. The number of nitrogens with zero attached hydrogens (tertiary/aromatic N) is 1. The molecule has 0 aliphatic rings. The van der Waals surface area contributed by atoms with Crippen LogP contribution in [0.2, 0.25) is 0 Å². The monoisotopic (exact) mass is 226 g/mol. The first-order chi connectivity index (χ1) is 6.16. The van der Waals surface area contributed by atoms with Gasteiger partial charge in [-0.05, 0) is 19.1 Å². The van der Waals surface area contributed by atoms with E-state index in [0.717, 1.165) is 18.0 Å². The van der Waals surface area contributed by atoms with Gasteiger partial charge in [-0.25, -0.2) is 0 Å². The fourth-order valence-electron chi connectivity index (χ4n) is 0.636. The first kappa shape index (κ1) is 12.9. The molecular weight excluding hydrogens is 217 g/mol. The van der Waals surface area contributed by atoms with Crippen molar-refractivity contribution in [2.75, 3.05) is 7.05 Å². The molecule has 0 aliphatic heterocycles. The number of rotatable bonds is 2. The van der Waals surface area contributed by atoms with Crippen LogP contribution in [0.1, 0.15) is 6.92 Å². The molecule has 0 aliphatic carbocycles. The Kier molecular flexibility index (Phi) is 4.06. The van der Waals surface area contributed by atoms with Crippen molar-refractivity contribution >= 4 is 23.1 Å². The van der Waals surface area contributed by atoms with Gasteiger partial charge in [0.25, 0.3) is 5.78 Å². The predicted octanol–water partition coefficient (Wildman–Crippen LogP) is 1.20. The van der Waals surface area contributed by atoms with Gasteiger partial charge in [0, 0.05) is 18.8 Å². The summed E-state index contributed by atoms with van der Waals surface area (Å²) in [5, 5.41) is -0.112. The molecule has 80 valence electrons.